The summed E-state index contributed by atoms with van der Waals surface area (Å²) in [5, 5.41) is 0. The number of carbonyl (C=O) groups excluding carboxylic acids is 1. The smallest absolute Gasteiger partial charge is 0.222 e. The molecule has 2 atom stereocenters. The molecule has 1 amide bonds. The summed E-state index contributed by atoms with van der Waals surface area (Å²) in [6.07, 6.45) is 1.58. The standard InChI is InChI=1S/C9H18BrNO/c1-5-6-9(12)11(4)8(3)7(2)10/h7-8H,5-6H2,1-4H3/t7?,8-/m0/s1. The lowest BCUT2D eigenvalue weighted by Gasteiger charge is -2.26. The molecule has 3 heteroatoms. The van der Waals surface area contributed by atoms with E-state index in [9.17, 15) is 4.79 Å². The highest BCUT2D eigenvalue weighted by Crippen LogP contribution is 2.11. The monoisotopic (exact) mass is 235 g/mol. The fourth-order valence-corrected chi connectivity index (χ4v) is 1.28. The first-order chi connectivity index (χ1) is 5.50. The Morgan fingerprint density at radius 1 is 1.50 bits per heavy atom. The maximum Gasteiger partial charge on any atom is 0.222 e. The molecule has 0 bridgehead atoms. The molecule has 0 aliphatic rings. The Balaban J connectivity index is 4.00. The van der Waals surface area contributed by atoms with Crippen LogP contribution in [0.4, 0.5) is 0 Å². The van der Waals surface area contributed by atoms with Gasteiger partial charge in [-0.15, -0.1) is 0 Å². The molecule has 0 aliphatic heterocycles. The summed E-state index contributed by atoms with van der Waals surface area (Å²) in [5.41, 5.74) is 0. The zero-order chi connectivity index (χ0) is 9.72. The van der Waals surface area contributed by atoms with Crippen molar-refractivity contribution < 1.29 is 4.79 Å². The second-order valence-corrected chi connectivity index (χ2v) is 4.62. The fourth-order valence-electron chi connectivity index (χ4n) is 0.925. The summed E-state index contributed by atoms with van der Waals surface area (Å²) in [7, 11) is 1.86. The van der Waals surface area contributed by atoms with Gasteiger partial charge < -0.3 is 4.90 Å². The van der Waals surface area contributed by atoms with Gasteiger partial charge in [0.2, 0.25) is 5.91 Å². The normalized spacial score (nSPS) is 15.4. The van der Waals surface area contributed by atoms with Gasteiger partial charge in [-0.1, -0.05) is 29.8 Å². The van der Waals surface area contributed by atoms with Crippen LogP contribution in [0.2, 0.25) is 0 Å². The Morgan fingerprint density at radius 2 is 2.00 bits per heavy atom. The minimum absolute atomic E-state index is 0.233. The van der Waals surface area contributed by atoms with Gasteiger partial charge in [0.15, 0.2) is 0 Å². The Morgan fingerprint density at radius 3 is 2.33 bits per heavy atom. The van der Waals surface area contributed by atoms with Gasteiger partial charge in [0.05, 0.1) is 0 Å². The van der Waals surface area contributed by atoms with Crippen LogP contribution in [-0.4, -0.2) is 28.7 Å². The molecule has 0 aromatic carbocycles. The van der Waals surface area contributed by atoms with E-state index in [0.29, 0.717) is 11.2 Å². The minimum Gasteiger partial charge on any atom is -0.342 e. The molecule has 0 spiro atoms. The number of hydrogen-bond donors (Lipinski definition) is 0. The van der Waals surface area contributed by atoms with E-state index in [-0.39, 0.29) is 11.9 Å². The lowest BCUT2D eigenvalue weighted by atomic mass is 10.2. The molecule has 0 N–H and O–H groups in total. The minimum atomic E-state index is 0.233. The molecule has 0 rings (SSSR count). The van der Waals surface area contributed by atoms with Crippen molar-refractivity contribution in [1.82, 2.24) is 4.90 Å². The Hall–Kier alpha value is -0.0500. The Kier molecular flexibility index (Phi) is 5.55. The third-order valence-corrected chi connectivity index (χ3v) is 2.90. The van der Waals surface area contributed by atoms with E-state index in [0.717, 1.165) is 6.42 Å². The van der Waals surface area contributed by atoms with Crippen LogP contribution in [0.5, 0.6) is 0 Å². The molecule has 0 saturated heterocycles. The van der Waals surface area contributed by atoms with Gasteiger partial charge in [-0.05, 0) is 13.3 Å². The highest BCUT2D eigenvalue weighted by Gasteiger charge is 2.18. The summed E-state index contributed by atoms with van der Waals surface area (Å²) in [6, 6.07) is 0.268. The van der Waals surface area contributed by atoms with E-state index in [2.05, 4.69) is 22.9 Å². The quantitative estimate of drug-likeness (QED) is 0.686. The largest absolute Gasteiger partial charge is 0.342 e. The SMILES string of the molecule is CCCC(=O)N(C)[C@@H](C)C(C)Br. The van der Waals surface area contributed by atoms with Crippen LogP contribution in [0.25, 0.3) is 0 Å². The first-order valence-corrected chi connectivity index (χ1v) is 5.32. The summed E-state index contributed by atoms with van der Waals surface area (Å²) in [4.78, 5) is 13.6. The summed E-state index contributed by atoms with van der Waals surface area (Å²) in [6.45, 7) is 6.13. The van der Waals surface area contributed by atoms with Crippen LogP contribution >= 0.6 is 15.9 Å². The first kappa shape index (κ1) is 11.9. The maximum absolute atomic E-state index is 11.4. The molecular weight excluding hydrogens is 218 g/mol. The fraction of sp³-hybridized carbons (Fsp3) is 0.889. The number of carbonyl (C=O) groups is 1. The molecule has 0 aromatic rings. The first-order valence-electron chi connectivity index (χ1n) is 4.40. The molecule has 0 radical (unpaired) electrons. The number of amides is 1. The summed E-state index contributed by atoms with van der Waals surface area (Å²) < 4.78 is 0. The van der Waals surface area contributed by atoms with Crippen LogP contribution < -0.4 is 0 Å². The lowest BCUT2D eigenvalue weighted by molar-refractivity contribution is -0.131. The number of alkyl halides is 1. The molecule has 12 heavy (non-hydrogen) atoms. The van der Waals surface area contributed by atoms with E-state index in [1.54, 1.807) is 0 Å². The second kappa shape index (κ2) is 5.57. The molecule has 2 nitrogen and oxygen atoms in total. The molecule has 0 aromatic heterocycles. The number of hydrogen-bond acceptors (Lipinski definition) is 1. The average Bonchev–Trinajstić information content (AvgIpc) is 2.02. The molecule has 0 aliphatic carbocycles. The Labute approximate surface area is 83.4 Å². The van der Waals surface area contributed by atoms with E-state index < -0.39 is 0 Å². The van der Waals surface area contributed by atoms with E-state index in [1.165, 1.54) is 0 Å². The molecule has 0 fully saturated rings. The molecule has 0 saturated carbocycles. The third kappa shape index (κ3) is 3.57. The predicted molar refractivity (Wildman–Crippen MR) is 55.5 cm³/mol. The summed E-state index contributed by atoms with van der Waals surface area (Å²) in [5.74, 6) is 0.233. The Bertz CT molecular complexity index is 147. The average molecular weight is 236 g/mol. The van der Waals surface area contributed by atoms with E-state index >= 15 is 0 Å². The van der Waals surface area contributed by atoms with Crippen LogP contribution in [-0.2, 0) is 4.79 Å². The topological polar surface area (TPSA) is 20.3 Å². The van der Waals surface area contributed by atoms with Gasteiger partial charge >= 0.3 is 0 Å². The third-order valence-electron chi connectivity index (χ3n) is 2.13. The van der Waals surface area contributed by atoms with Crippen LogP contribution in [0.3, 0.4) is 0 Å². The van der Waals surface area contributed by atoms with Gasteiger partial charge in [-0.25, -0.2) is 0 Å². The molecule has 72 valence electrons. The number of halogens is 1. The molecule has 1 unspecified atom stereocenters. The van der Waals surface area contributed by atoms with Crippen molar-refractivity contribution in [1.29, 1.82) is 0 Å². The van der Waals surface area contributed by atoms with Crippen molar-refractivity contribution in [3.05, 3.63) is 0 Å². The van der Waals surface area contributed by atoms with Gasteiger partial charge in [0.25, 0.3) is 0 Å². The van der Waals surface area contributed by atoms with Crippen molar-refractivity contribution in [2.75, 3.05) is 7.05 Å². The van der Waals surface area contributed by atoms with Crippen molar-refractivity contribution in [2.45, 2.75) is 44.5 Å². The van der Waals surface area contributed by atoms with Gasteiger partial charge in [0, 0.05) is 24.3 Å². The van der Waals surface area contributed by atoms with E-state index in [1.807, 2.05) is 25.8 Å². The lowest BCUT2D eigenvalue weighted by Crippen LogP contribution is -2.39. The number of rotatable bonds is 4. The highest BCUT2D eigenvalue weighted by atomic mass is 79.9. The van der Waals surface area contributed by atoms with Crippen molar-refractivity contribution in [3.8, 4) is 0 Å². The summed E-state index contributed by atoms with van der Waals surface area (Å²) >= 11 is 3.47. The van der Waals surface area contributed by atoms with Crippen molar-refractivity contribution in [3.63, 3.8) is 0 Å². The van der Waals surface area contributed by atoms with Crippen molar-refractivity contribution in [2.24, 2.45) is 0 Å². The highest BCUT2D eigenvalue weighted by molar-refractivity contribution is 9.09. The van der Waals surface area contributed by atoms with Crippen LogP contribution in [0.1, 0.15) is 33.6 Å². The second-order valence-electron chi connectivity index (χ2n) is 3.17. The zero-order valence-corrected chi connectivity index (χ0v) is 9.89. The zero-order valence-electron chi connectivity index (χ0n) is 8.30. The van der Waals surface area contributed by atoms with Crippen LogP contribution in [0, 0.1) is 0 Å². The predicted octanol–water partition coefficient (Wildman–Crippen LogP) is 2.42. The number of nitrogens with zero attached hydrogens (tertiary/aromatic N) is 1. The van der Waals surface area contributed by atoms with E-state index in [4.69, 9.17) is 0 Å². The molecule has 0 heterocycles. The van der Waals surface area contributed by atoms with Gasteiger partial charge in [-0.3, -0.25) is 4.79 Å². The maximum atomic E-state index is 11.4. The van der Waals surface area contributed by atoms with Gasteiger partial charge in [-0.2, -0.15) is 0 Å². The van der Waals surface area contributed by atoms with Crippen molar-refractivity contribution >= 4 is 21.8 Å². The van der Waals surface area contributed by atoms with Crippen LogP contribution in [0.15, 0.2) is 0 Å². The molecular formula is C9H18BrNO. The van der Waals surface area contributed by atoms with Gasteiger partial charge in [0.1, 0.15) is 0 Å².